The number of hydrogen-bond acceptors (Lipinski definition) is 6. The molecule has 94 valence electrons. The normalized spacial score (nSPS) is 23.7. The van der Waals surface area contributed by atoms with Crippen LogP contribution in [0.4, 0.5) is 5.82 Å². The van der Waals surface area contributed by atoms with Crippen molar-refractivity contribution >= 4 is 33.3 Å². The Hall–Kier alpha value is -1.73. The second kappa shape index (κ2) is 4.18. The summed E-state index contributed by atoms with van der Waals surface area (Å²) in [7, 11) is 0. The molecule has 2 N–H and O–H groups in total. The van der Waals surface area contributed by atoms with Gasteiger partial charge in [0.2, 0.25) is 0 Å². The van der Waals surface area contributed by atoms with Gasteiger partial charge in [-0.3, -0.25) is 0 Å². The van der Waals surface area contributed by atoms with Gasteiger partial charge in [0, 0.05) is 13.0 Å². The predicted octanol–water partition coefficient (Wildman–Crippen LogP) is 0.715. The van der Waals surface area contributed by atoms with Gasteiger partial charge in [-0.15, -0.1) is 11.3 Å². The van der Waals surface area contributed by atoms with E-state index in [1.54, 1.807) is 4.90 Å². The summed E-state index contributed by atoms with van der Waals surface area (Å²) in [5, 5.41) is 21.6. The number of β-amino-alcohol motifs (C(OH)–C–C–N with tert-alkyl or cyclic N) is 1. The average Bonchev–Trinajstić information content (AvgIpc) is 2.94. The maximum Gasteiger partial charge on any atom is 0.326 e. The molecule has 1 aliphatic rings. The van der Waals surface area contributed by atoms with E-state index in [1.165, 1.54) is 17.7 Å². The Bertz CT molecular complexity index is 600. The van der Waals surface area contributed by atoms with Gasteiger partial charge >= 0.3 is 5.97 Å². The van der Waals surface area contributed by atoms with Gasteiger partial charge in [-0.2, -0.15) is 0 Å². The lowest BCUT2D eigenvalue weighted by Gasteiger charge is -2.22. The van der Waals surface area contributed by atoms with Crippen molar-refractivity contribution in [2.75, 3.05) is 11.4 Å². The third-order valence-electron chi connectivity index (χ3n) is 3.08. The Morgan fingerprint density at radius 2 is 2.33 bits per heavy atom. The van der Waals surface area contributed by atoms with Gasteiger partial charge in [-0.25, -0.2) is 14.8 Å². The number of carbonyl (C=O) groups is 1. The number of fused-ring (bicyclic) bond motifs is 1. The molecule has 1 aliphatic heterocycles. The lowest BCUT2D eigenvalue weighted by molar-refractivity contribution is -0.138. The molecule has 0 amide bonds. The third-order valence-corrected chi connectivity index (χ3v) is 3.90. The van der Waals surface area contributed by atoms with E-state index < -0.39 is 18.1 Å². The van der Waals surface area contributed by atoms with Gasteiger partial charge in [0.1, 0.15) is 23.0 Å². The highest BCUT2D eigenvalue weighted by Crippen LogP contribution is 2.31. The third kappa shape index (κ3) is 1.72. The van der Waals surface area contributed by atoms with E-state index in [9.17, 15) is 15.0 Å². The summed E-state index contributed by atoms with van der Waals surface area (Å²) in [6, 6.07) is 1.15. The van der Waals surface area contributed by atoms with E-state index >= 15 is 0 Å². The fraction of sp³-hybridized carbons (Fsp3) is 0.364. The first-order valence-corrected chi connectivity index (χ1v) is 6.40. The van der Waals surface area contributed by atoms with Crippen molar-refractivity contribution in [3.63, 3.8) is 0 Å². The molecule has 2 unspecified atom stereocenters. The minimum atomic E-state index is -0.937. The molecule has 1 fully saturated rings. The molecular formula is C11H11N3O3S. The SMILES string of the molecule is O=C(O)C1CC(O)CN1c1ncnc2sccc12. The van der Waals surface area contributed by atoms with Crippen molar-refractivity contribution in [2.45, 2.75) is 18.6 Å². The fourth-order valence-electron chi connectivity index (χ4n) is 2.29. The predicted molar refractivity (Wildman–Crippen MR) is 66.8 cm³/mol. The molecule has 0 aromatic carbocycles. The summed E-state index contributed by atoms with van der Waals surface area (Å²) in [5.74, 6) is -0.348. The molecule has 0 bridgehead atoms. The second-order valence-corrected chi connectivity index (χ2v) is 5.13. The maximum atomic E-state index is 11.2. The summed E-state index contributed by atoms with van der Waals surface area (Å²) >= 11 is 1.48. The van der Waals surface area contributed by atoms with Crippen LogP contribution in [0.25, 0.3) is 10.2 Å². The summed E-state index contributed by atoms with van der Waals surface area (Å²) in [4.78, 5) is 22.0. The van der Waals surface area contributed by atoms with E-state index in [0.717, 1.165) is 10.2 Å². The van der Waals surface area contributed by atoms with E-state index in [4.69, 9.17) is 0 Å². The number of anilines is 1. The zero-order valence-electron chi connectivity index (χ0n) is 9.35. The zero-order chi connectivity index (χ0) is 12.7. The largest absolute Gasteiger partial charge is 0.480 e. The Labute approximate surface area is 107 Å². The van der Waals surface area contributed by atoms with Crippen LogP contribution in [0.3, 0.4) is 0 Å². The fourth-order valence-corrected chi connectivity index (χ4v) is 3.02. The number of aliphatic hydroxyl groups is 1. The number of carboxylic acid groups (broad SMARTS) is 1. The van der Waals surface area contributed by atoms with Gasteiger partial charge in [-0.1, -0.05) is 0 Å². The Morgan fingerprint density at radius 1 is 1.50 bits per heavy atom. The summed E-state index contributed by atoms with van der Waals surface area (Å²) in [6.07, 6.45) is 1.03. The molecule has 0 radical (unpaired) electrons. The van der Waals surface area contributed by atoms with Crippen molar-refractivity contribution in [1.82, 2.24) is 9.97 Å². The smallest absolute Gasteiger partial charge is 0.326 e. The zero-order valence-corrected chi connectivity index (χ0v) is 10.2. The van der Waals surface area contributed by atoms with Crippen LogP contribution >= 0.6 is 11.3 Å². The molecule has 3 rings (SSSR count). The molecule has 18 heavy (non-hydrogen) atoms. The summed E-state index contributed by atoms with van der Waals surface area (Å²) < 4.78 is 0. The van der Waals surface area contributed by atoms with Crippen molar-refractivity contribution in [2.24, 2.45) is 0 Å². The van der Waals surface area contributed by atoms with Crippen molar-refractivity contribution < 1.29 is 15.0 Å². The van der Waals surface area contributed by atoms with Gasteiger partial charge < -0.3 is 15.1 Å². The number of nitrogens with zero attached hydrogens (tertiary/aromatic N) is 3. The molecule has 0 aliphatic carbocycles. The first-order chi connectivity index (χ1) is 8.66. The van der Waals surface area contributed by atoms with E-state index in [0.29, 0.717) is 12.4 Å². The van der Waals surface area contributed by atoms with Gasteiger partial charge in [-0.05, 0) is 11.4 Å². The molecule has 7 heteroatoms. The van der Waals surface area contributed by atoms with Crippen molar-refractivity contribution in [1.29, 1.82) is 0 Å². The van der Waals surface area contributed by atoms with E-state index in [2.05, 4.69) is 9.97 Å². The van der Waals surface area contributed by atoms with Crippen LogP contribution in [0, 0.1) is 0 Å². The van der Waals surface area contributed by atoms with Crippen molar-refractivity contribution in [3.05, 3.63) is 17.8 Å². The quantitative estimate of drug-likeness (QED) is 0.832. The molecule has 0 spiro atoms. The number of thiophene rings is 1. The summed E-state index contributed by atoms with van der Waals surface area (Å²) in [6.45, 7) is 0.291. The highest BCUT2D eigenvalue weighted by Gasteiger charge is 2.37. The number of aromatic nitrogens is 2. The second-order valence-electron chi connectivity index (χ2n) is 4.23. The van der Waals surface area contributed by atoms with Crippen LogP contribution < -0.4 is 4.90 Å². The van der Waals surface area contributed by atoms with E-state index in [-0.39, 0.29) is 6.42 Å². The van der Waals surface area contributed by atoms with Gasteiger partial charge in [0.15, 0.2) is 0 Å². The number of rotatable bonds is 2. The molecule has 1 saturated heterocycles. The molecular weight excluding hydrogens is 254 g/mol. The molecule has 6 nitrogen and oxygen atoms in total. The lowest BCUT2D eigenvalue weighted by atomic mass is 10.2. The molecule has 2 aromatic heterocycles. The van der Waals surface area contributed by atoms with Crippen LogP contribution in [0.1, 0.15) is 6.42 Å². The minimum absolute atomic E-state index is 0.227. The number of carboxylic acids is 1. The van der Waals surface area contributed by atoms with Crippen LogP contribution in [0.15, 0.2) is 17.8 Å². The topological polar surface area (TPSA) is 86.5 Å². The van der Waals surface area contributed by atoms with Crippen LogP contribution in [-0.2, 0) is 4.79 Å². The van der Waals surface area contributed by atoms with E-state index in [1.807, 2.05) is 11.4 Å². The Balaban J connectivity index is 2.08. The first-order valence-electron chi connectivity index (χ1n) is 5.52. The maximum absolute atomic E-state index is 11.2. The molecule has 2 aromatic rings. The minimum Gasteiger partial charge on any atom is -0.480 e. The highest BCUT2D eigenvalue weighted by molar-refractivity contribution is 7.16. The Kier molecular flexibility index (Phi) is 2.64. The first kappa shape index (κ1) is 11.4. The van der Waals surface area contributed by atoms with Crippen LogP contribution in [0.2, 0.25) is 0 Å². The Morgan fingerprint density at radius 3 is 3.11 bits per heavy atom. The standard InChI is InChI=1S/C11H11N3O3S/c15-6-3-8(11(16)17)14(4-6)9-7-1-2-18-10(7)13-5-12-9/h1-2,5-6,8,15H,3-4H2,(H,16,17). The monoisotopic (exact) mass is 265 g/mol. The van der Waals surface area contributed by atoms with Crippen molar-refractivity contribution in [3.8, 4) is 0 Å². The number of aliphatic carboxylic acids is 1. The average molecular weight is 265 g/mol. The molecule has 3 heterocycles. The van der Waals surface area contributed by atoms with Crippen LogP contribution in [0.5, 0.6) is 0 Å². The summed E-state index contributed by atoms with van der Waals surface area (Å²) in [5.41, 5.74) is 0. The number of aliphatic hydroxyl groups excluding tert-OH is 1. The number of hydrogen-bond donors (Lipinski definition) is 2. The lowest BCUT2D eigenvalue weighted by Crippen LogP contribution is -2.36. The molecule has 2 atom stereocenters. The molecule has 0 saturated carbocycles. The van der Waals surface area contributed by atoms with Crippen LogP contribution in [-0.4, -0.2) is 44.8 Å². The van der Waals surface area contributed by atoms with Gasteiger partial charge in [0.05, 0.1) is 11.5 Å². The van der Waals surface area contributed by atoms with Gasteiger partial charge in [0.25, 0.3) is 0 Å². The highest BCUT2D eigenvalue weighted by atomic mass is 32.1.